The fourth-order valence-corrected chi connectivity index (χ4v) is 3.36. The fraction of sp³-hybridized carbons (Fsp3) is 0.526. The molecule has 1 aromatic heterocycles. The molecule has 29 heavy (non-hydrogen) atoms. The molecule has 0 unspecified atom stereocenters. The van der Waals surface area contributed by atoms with Gasteiger partial charge < -0.3 is 24.0 Å². The Balaban J connectivity index is 1.89. The standard InChI is InChI=1S/C19H27N5O5/c1-22(2)14(25)11-23-6-8-24(9-7-23)19-20-12-10-13(27-3)16(28-4)17(29-5)15(12)18(26)21-19/h10H,6-9,11H2,1-5H3,(H,20,21,26). The molecule has 1 aliphatic rings. The van der Waals surface area contributed by atoms with Crippen molar-refractivity contribution in [2.75, 3.05) is 73.0 Å². The number of rotatable bonds is 6. The average molecular weight is 405 g/mol. The lowest BCUT2D eigenvalue weighted by Crippen LogP contribution is -2.50. The number of aromatic amines is 1. The van der Waals surface area contributed by atoms with Gasteiger partial charge in [0.2, 0.25) is 17.6 Å². The third-order valence-corrected chi connectivity index (χ3v) is 5.02. The molecule has 3 rings (SSSR count). The molecule has 2 heterocycles. The summed E-state index contributed by atoms with van der Waals surface area (Å²) in [6.45, 7) is 3.10. The molecule has 1 N–H and O–H groups in total. The number of aromatic nitrogens is 2. The van der Waals surface area contributed by atoms with Crippen molar-refractivity contribution in [3.05, 3.63) is 16.4 Å². The van der Waals surface area contributed by atoms with Crippen LogP contribution in [-0.2, 0) is 4.79 Å². The second-order valence-corrected chi connectivity index (χ2v) is 6.98. The molecular formula is C19H27N5O5. The maximum atomic E-state index is 12.8. The Kier molecular flexibility index (Phi) is 6.12. The van der Waals surface area contributed by atoms with Gasteiger partial charge in [0.1, 0.15) is 5.39 Å². The van der Waals surface area contributed by atoms with Gasteiger partial charge in [0, 0.05) is 46.3 Å². The van der Waals surface area contributed by atoms with Crippen molar-refractivity contribution in [1.29, 1.82) is 0 Å². The first kappa shape index (κ1) is 20.7. The van der Waals surface area contributed by atoms with Gasteiger partial charge in [-0.15, -0.1) is 0 Å². The molecule has 0 spiro atoms. The van der Waals surface area contributed by atoms with Crippen molar-refractivity contribution in [3.8, 4) is 17.2 Å². The van der Waals surface area contributed by atoms with Crippen LogP contribution < -0.4 is 24.7 Å². The highest BCUT2D eigenvalue weighted by Gasteiger charge is 2.24. The van der Waals surface area contributed by atoms with E-state index in [9.17, 15) is 9.59 Å². The number of piperazine rings is 1. The molecule has 0 atom stereocenters. The van der Waals surface area contributed by atoms with E-state index in [1.165, 1.54) is 21.3 Å². The van der Waals surface area contributed by atoms with Gasteiger partial charge in [-0.2, -0.15) is 0 Å². The Morgan fingerprint density at radius 1 is 1.10 bits per heavy atom. The van der Waals surface area contributed by atoms with Gasteiger partial charge in [0.25, 0.3) is 5.56 Å². The van der Waals surface area contributed by atoms with Crippen molar-refractivity contribution in [2.45, 2.75) is 0 Å². The summed E-state index contributed by atoms with van der Waals surface area (Å²) in [6.07, 6.45) is 0. The van der Waals surface area contributed by atoms with Crippen molar-refractivity contribution in [3.63, 3.8) is 0 Å². The smallest absolute Gasteiger partial charge is 0.264 e. The molecule has 158 valence electrons. The van der Waals surface area contributed by atoms with E-state index in [1.54, 1.807) is 25.1 Å². The monoisotopic (exact) mass is 405 g/mol. The van der Waals surface area contributed by atoms with E-state index in [0.29, 0.717) is 61.1 Å². The van der Waals surface area contributed by atoms with E-state index >= 15 is 0 Å². The number of benzene rings is 1. The van der Waals surface area contributed by atoms with Crippen molar-refractivity contribution < 1.29 is 19.0 Å². The first-order valence-electron chi connectivity index (χ1n) is 9.30. The number of methoxy groups -OCH3 is 3. The van der Waals surface area contributed by atoms with Crippen LogP contribution in [0.3, 0.4) is 0 Å². The van der Waals surface area contributed by atoms with E-state index in [0.717, 1.165) is 0 Å². The SMILES string of the molecule is COc1cc2nc(N3CCN(CC(=O)N(C)C)CC3)[nH]c(=O)c2c(OC)c1OC. The van der Waals surface area contributed by atoms with E-state index in [4.69, 9.17) is 14.2 Å². The largest absolute Gasteiger partial charge is 0.493 e. The molecule has 0 saturated carbocycles. The Hall–Kier alpha value is -3.01. The lowest BCUT2D eigenvalue weighted by Gasteiger charge is -2.35. The number of anilines is 1. The van der Waals surface area contributed by atoms with E-state index in [-0.39, 0.29) is 17.2 Å². The van der Waals surface area contributed by atoms with Crippen LogP contribution in [0.25, 0.3) is 10.9 Å². The Morgan fingerprint density at radius 3 is 2.31 bits per heavy atom. The highest BCUT2D eigenvalue weighted by Crippen LogP contribution is 2.41. The molecule has 0 aliphatic carbocycles. The van der Waals surface area contributed by atoms with Crippen LogP contribution in [0.4, 0.5) is 5.95 Å². The van der Waals surface area contributed by atoms with Crippen LogP contribution in [-0.4, -0.2) is 93.8 Å². The molecule has 1 amide bonds. The van der Waals surface area contributed by atoms with Gasteiger partial charge in [-0.05, 0) is 0 Å². The van der Waals surface area contributed by atoms with Gasteiger partial charge in [0.05, 0.1) is 33.4 Å². The quantitative estimate of drug-likeness (QED) is 0.726. The van der Waals surface area contributed by atoms with Crippen LogP contribution in [0.5, 0.6) is 17.2 Å². The van der Waals surface area contributed by atoms with E-state index in [2.05, 4.69) is 14.9 Å². The summed E-state index contributed by atoms with van der Waals surface area (Å²) in [5, 5.41) is 0.309. The molecule has 1 aliphatic heterocycles. The summed E-state index contributed by atoms with van der Waals surface area (Å²) in [4.78, 5) is 37.9. The molecule has 10 nitrogen and oxygen atoms in total. The predicted molar refractivity (Wildman–Crippen MR) is 109 cm³/mol. The van der Waals surface area contributed by atoms with Gasteiger partial charge in [-0.3, -0.25) is 19.5 Å². The number of nitrogens with zero attached hydrogens (tertiary/aromatic N) is 4. The number of carbonyl (C=O) groups is 1. The van der Waals surface area contributed by atoms with E-state index < -0.39 is 0 Å². The summed E-state index contributed by atoms with van der Waals surface area (Å²) < 4.78 is 16.1. The summed E-state index contributed by atoms with van der Waals surface area (Å²) >= 11 is 0. The maximum absolute atomic E-state index is 12.8. The van der Waals surface area contributed by atoms with Crippen molar-refractivity contribution in [1.82, 2.24) is 19.8 Å². The van der Waals surface area contributed by atoms with Crippen LogP contribution in [0.2, 0.25) is 0 Å². The zero-order valence-electron chi connectivity index (χ0n) is 17.4. The highest BCUT2D eigenvalue weighted by atomic mass is 16.5. The molecule has 0 bridgehead atoms. The zero-order chi connectivity index (χ0) is 21.1. The second kappa shape index (κ2) is 8.56. The lowest BCUT2D eigenvalue weighted by molar-refractivity contribution is -0.129. The number of H-pyrrole nitrogens is 1. The first-order chi connectivity index (χ1) is 13.9. The third-order valence-electron chi connectivity index (χ3n) is 5.02. The third kappa shape index (κ3) is 4.07. The topological polar surface area (TPSA) is 100 Å². The summed E-state index contributed by atoms with van der Waals surface area (Å²) in [5.41, 5.74) is 0.150. The molecular weight excluding hydrogens is 378 g/mol. The van der Waals surface area contributed by atoms with Gasteiger partial charge in [-0.1, -0.05) is 0 Å². The maximum Gasteiger partial charge on any atom is 0.264 e. The number of nitrogens with one attached hydrogen (secondary N) is 1. The fourth-order valence-electron chi connectivity index (χ4n) is 3.36. The van der Waals surface area contributed by atoms with Crippen LogP contribution in [0.15, 0.2) is 10.9 Å². The molecule has 0 radical (unpaired) electrons. The first-order valence-corrected chi connectivity index (χ1v) is 9.30. The number of likely N-dealkylation sites (N-methyl/N-ethyl adjacent to an activating group) is 1. The molecule has 10 heteroatoms. The van der Waals surface area contributed by atoms with Crippen molar-refractivity contribution in [2.24, 2.45) is 0 Å². The van der Waals surface area contributed by atoms with Gasteiger partial charge >= 0.3 is 0 Å². The normalized spacial score (nSPS) is 14.7. The number of amides is 1. The van der Waals surface area contributed by atoms with Crippen LogP contribution in [0, 0.1) is 0 Å². The van der Waals surface area contributed by atoms with Crippen LogP contribution in [0.1, 0.15) is 0 Å². The van der Waals surface area contributed by atoms with Crippen molar-refractivity contribution >= 4 is 22.8 Å². The summed E-state index contributed by atoms with van der Waals surface area (Å²) in [5.74, 6) is 1.63. The Bertz CT molecular complexity index is 950. The number of hydrogen-bond donors (Lipinski definition) is 1. The van der Waals surface area contributed by atoms with Gasteiger partial charge in [-0.25, -0.2) is 4.98 Å². The van der Waals surface area contributed by atoms with Crippen LogP contribution >= 0.6 is 0 Å². The molecule has 1 fully saturated rings. The molecule has 2 aromatic rings. The molecule has 1 saturated heterocycles. The number of fused-ring (bicyclic) bond motifs is 1. The Labute approximate surface area is 169 Å². The predicted octanol–water partition coefficient (Wildman–Crippen LogP) is 0.159. The minimum Gasteiger partial charge on any atom is -0.493 e. The minimum absolute atomic E-state index is 0.0730. The minimum atomic E-state index is -0.312. The highest BCUT2D eigenvalue weighted by molar-refractivity contribution is 5.90. The number of hydrogen-bond acceptors (Lipinski definition) is 8. The van der Waals surface area contributed by atoms with E-state index in [1.807, 2.05) is 4.90 Å². The Morgan fingerprint density at radius 2 is 1.76 bits per heavy atom. The molecule has 1 aromatic carbocycles. The number of carbonyl (C=O) groups excluding carboxylic acids is 1. The lowest BCUT2D eigenvalue weighted by atomic mass is 10.2. The number of ether oxygens (including phenoxy) is 3. The summed E-state index contributed by atoms with van der Waals surface area (Å²) in [6, 6.07) is 1.67. The summed E-state index contributed by atoms with van der Waals surface area (Å²) in [7, 11) is 7.98. The van der Waals surface area contributed by atoms with Gasteiger partial charge in [0.15, 0.2) is 11.5 Å². The zero-order valence-corrected chi connectivity index (χ0v) is 17.4. The second-order valence-electron chi connectivity index (χ2n) is 6.98. The average Bonchev–Trinajstić information content (AvgIpc) is 2.72.